The summed E-state index contributed by atoms with van der Waals surface area (Å²) in [6.07, 6.45) is 2.59. The molecule has 0 fully saturated rings. The number of nitrogens with one attached hydrogen (secondary N) is 2. The van der Waals surface area contributed by atoms with E-state index in [1.807, 2.05) is 17.7 Å². The fraction of sp³-hybridized carbons (Fsp3) is 0.333. The molecule has 2 N–H and O–H groups in total. The molecule has 0 atom stereocenters. The van der Waals surface area contributed by atoms with Gasteiger partial charge < -0.3 is 20.1 Å². The summed E-state index contributed by atoms with van der Waals surface area (Å²) in [4.78, 5) is 11.8. The third-order valence-corrected chi connectivity index (χ3v) is 3.39. The molecule has 1 aliphatic rings. The summed E-state index contributed by atoms with van der Waals surface area (Å²) in [6, 6.07) is 7.02. The van der Waals surface area contributed by atoms with Gasteiger partial charge in [0.2, 0.25) is 6.79 Å². The van der Waals surface area contributed by atoms with Crippen molar-refractivity contribution in [3.8, 4) is 11.5 Å². The molecule has 2 aromatic rings. The number of urea groups is 1. The van der Waals surface area contributed by atoms with Crippen molar-refractivity contribution < 1.29 is 14.3 Å². The standard InChI is InChI=1S/C15H18N4O3/c1-11-5-7-17-19(11)8-2-6-16-15(20)18-12-3-4-13-14(9-12)22-10-21-13/h3-5,7,9H,2,6,8,10H2,1H3,(H2,16,18,20). The molecular weight excluding hydrogens is 284 g/mol. The Morgan fingerprint density at radius 1 is 1.32 bits per heavy atom. The van der Waals surface area contributed by atoms with Crippen LogP contribution in [0.4, 0.5) is 10.5 Å². The number of rotatable bonds is 5. The van der Waals surface area contributed by atoms with E-state index in [9.17, 15) is 4.79 Å². The second-order valence-corrected chi connectivity index (χ2v) is 5.00. The third-order valence-electron chi connectivity index (χ3n) is 3.39. The third kappa shape index (κ3) is 3.30. The maximum absolute atomic E-state index is 11.8. The molecule has 1 aromatic heterocycles. The van der Waals surface area contributed by atoms with Crippen LogP contribution in [0.15, 0.2) is 30.5 Å². The smallest absolute Gasteiger partial charge is 0.319 e. The Kier molecular flexibility index (Phi) is 4.13. The van der Waals surface area contributed by atoms with Crippen molar-refractivity contribution in [3.05, 3.63) is 36.2 Å². The van der Waals surface area contributed by atoms with Crippen molar-refractivity contribution in [3.63, 3.8) is 0 Å². The Morgan fingerprint density at radius 3 is 3.00 bits per heavy atom. The van der Waals surface area contributed by atoms with E-state index in [0.29, 0.717) is 23.7 Å². The topological polar surface area (TPSA) is 77.4 Å². The van der Waals surface area contributed by atoms with E-state index < -0.39 is 0 Å². The molecule has 0 saturated carbocycles. The first-order chi connectivity index (χ1) is 10.7. The highest BCUT2D eigenvalue weighted by Gasteiger charge is 2.13. The molecule has 1 aliphatic heterocycles. The number of nitrogens with zero attached hydrogens (tertiary/aromatic N) is 2. The molecular formula is C15H18N4O3. The monoisotopic (exact) mass is 302 g/mol. The van der Waals surface area contributed by atoms with Gasteiger partial charge in [-0.15, -0.1) is 0 Å². The van der Waals surface area contributed by atoms with E-state index in [2.05, 4.69) is 15.7 Å². The molecule has 0 spiro atoms. The lowest BCUT2D eigenvalue weighted by Crippen LogP contribution is -2.30. The number of fused-ring (bicyclic) bond motifs is 1. The quantitative estimate of drug-likeness (QED) is 0.830. The van der Waals surface area contributed by atoms with Crippen LogP contribution < -0.4 is 20.1 Å². The lowest BCUT2D eigenvalue weighted by atomic mass is 10.3. The van der Waals surface area contributed by atoms with Gasteiger partial charge in [-0.05, 0) is 31.5 Å². The van der Waals surface area contributed by atoms with Gasteiger partial charge in [-0.3, -0.25) is 4.68 Å². The number of aromatic nitrogens is 2. The highest BCUT2D eigenvalue weighted by molar-refractivity contribution is 5.89. The van der Waals surface area contributed by atoms with Gasteiger partial charge in [-0.25, -0.2) is 4.79 Å². The van der Waals surface area contributed by atoms with Gasteiger partial charge in [0, 0.05) is 36.7 Å². The van der Waals surface area contributed by atoms with Crippen molar-refractivity contribution in [1.29, 1.82) is 0 Å². The lowest BCUT2D eigenvalue weighted by molar-refractivity contribution is 0.174. The maximum atomic E-state index is 11.8. The zero-order valence-corrected chi connectivity index (χ0v) is 12.3. The number of anilines is 1. The lowest BCUT2D eigenvalue weighted by Gasteiger charge is -2.09. The summed E-state index contributed by atoms with van der Waals surface area (Å²) in [5.41, 5.74) is 1.79. The summed E-state index contributed by atoms with van der Waals surface area (Å²) in [6.45, 7) is 3.59. The molecule has 0 unspecified atom stereocenters. The van der Waals surface area contributed by atoms with Crippen molar-refractivity contribution in [2.75, 3.05) is 18.7 Å². The maximum Gasteiger partial charge on any atom is 0.319 e. The molecule has 0 aliphatic carbocycles. The first kappa shape index (κ1) is 14.2. The van der Waals surface area contributed by atoms with Crippen LogP contribution in [0.5, 0.6) is 11.5 Å². The number of carbonyl (C=O) groups excluding carboxylic acids is 1. The molecule has 1 aromatic carbocycles. The summed E-state index contributed by atoms with van der Waals surface area (Å²) in [5.74, 6) is 1.34. The molecule has 22 heavy (non-hydrogen) atoms. The summed E-state index contributed by atoms with van der Waals surface area (Å²) in [5, 5.41) is 9.78. The summed E-state index contributed by atoms with van der Waals surface area (Å²) in [7, 11) is 0. The van der Waals surface area contributed by atoms with Gasteiger partial charge in [0.1, 0.15) is 0 Å². The fourth-order valence-electron chi connectivity index (χ4n) is 2.21. The average Bonchev–Trinajstić information content (AvgIpc) is 3.12. The minimum absolute atomic E-state index is 0.220. The Hall–Kier alpha value is -2.70. The van der Waals surface area contributed by atoms with Crippen LogP contribution in [0.3, 0.4) is 0 Å². The van der Waals surface area contributed by atoms with E-state index >= 15 is 0 Å². The SMILES string of the molecule is Cc1ccnn1CCCNC(=O)Nc1ccc2c(c1)OCO2. The number of aryl methyl sites for hydroxylation is 2. The fourth-order valence-corrected chi connectivity index (χ4v) is 2.21. The highest BCUT2D eigenvalue weighted by atomic mass is 16.7. The second kappa shape index (κ2) is 6.38. The van der Waals surface area contributed by atoms with Gasteiger partial charge in [-0.2, -0.15) is 5.10 Å². The highest BCUT2D eigenvalue weighted by Crippen LogP contribution is 2.34. The molecule has 7 nitrogen and oxygen atoms in total. The van der Waals surface area contributed by atoms with Crippen LogP contribution in [0.1, 0.15) is 12.1 Å². The normalized spacial score (nSPS) is 12.2. The molecule has 2 heterocycles. The Balaban J connectivity index is 1.42. The minimum atomic E-state index is -0.240. The van der Waals surface area contributed by atoms with Gasteiger partial charge >= 0.3 is 6.03 Å². The Morgan fingerprint density at radius 2 is 2.18 bits per heavy atom. The summed E-state index contributed by atoms with van der Waals surface area (Å²) >= 11 is 0. The van der Waals surface area contributed by atoms with Gasteiger partial charge in [0.15, 0.2) is 11.5 Å². The molecule has 7 heteroatoms. The number of hydrogen-bond donors (Lipinski definition) is 2. The second-order valence-electron chi connectivity index (χ2n) is 5.00. The average molecular weight is 302 g/mol. The minimum Gasteiger partial charge on any atom is -0.454 e. The zero-order chi connectivity index (χ0) is 15.4. The number of hydrogen-bond acceptors (Lipinski definition) is 4. The van der Waals surface area contributed by atoms with E-state index in [-0.39, 0.29) is 12.8 Å². The van der Waals surface area contributed by atoms with Gasteiger partial charge in [-0.1, -0.05) is 0 Å². The van der Waals surface area contributed by atoms with Crippen LogP contribution in [0.2, 0.25) is 0 Å². The van der Waals surface area contributed by atoms with Crippen LogP contribution in [0, 0.1) is 6.92 Å². The molecule has 116 valence electrons. The number of benzene rings is 1. The van der Waals surface area contributed by atoms with E-state index in [4.69, 9.17) is 9.47 Å². The van der Waals surface area contributed by atoms with Crippen molar-refractivity contribution in [1.82, 2.24) is 15.1 Å². The Bertz CT molecular complexity index is 669. The molecule has 3 rings (SSSR count). The molecule has 0 bridgehead atoms. The van der Waals surface area contributed by atoms with Gasteiger partial charge in [0.05, 0.1) is 0 Å². The predicted molar refractivity (Wildman–Crippen MR) is 81.2 cm³/mol. The largest absolute Gasteiger partial charge is 0.454 e. The van der Waals surface area contributed by atoms with Crippen molar-refractivity contribution in [2.24, 2.45) is 0 Å². The zero-order valence-electron chi connectivity index (χ0n) is 12.3. The van der Waals surface area contributed by atoms with E-state index in [0.717, 1.165) is 18.7 Å². The van der Waals surface area contributed by atoms with Crippen molar-refractivity contribution in [2.45, 2.75) is 19.9 Å². The Labute approximate surface area is 128 Å². The van der Waals surface area contributed by atoms with E-state index in [1.165, 1.54) is 0 Å². The van der Waals surface area contributed by atoms with Crippen LogP contribution in [-0.4, -0.2) is 29.1 Å². The first-order valence-corrected chi connectivity index (χ1v) is 7.15. The predicted octanol–water partition coefficient (Wildman–Crippen LogP) is 2.13. The molecule has 0 radical (unpaired) electrons. The number of ether oxygens (including phenoxy) is 2. The van der Waals surface area contributed by atoms with Crippen molar-refractivity contribution >= 4 is 11.7 Å². The van der Waals surface area contributed by atoms with E-state index in [1.54, 1.807) is 24.4 Å². The number of carbonyl (C=O) groups is 1. The first-order valence-electron chi connectivity index (χ1n) is 7.15. The molecule has 2 amide bonds. The van der Waals surface area contributed by atoms with Crippen LogP contribution >= 0.6 is 0 Å². The van der Waals surface area contributed by atoms with Gasteiger partial charge in [0.25, 0.3) is 0 Å². The summed E-state index contributed by atoms with van der Waals surface area (Å²) < 4.78 is 12.4. The molecule has 0 saturated heterocycles. The van der Waals surface area contributed by atoms with Crippen LogP contribution in [-0.2, 0) is 6.54 Å². The number of amides is 2. The van der Waals surface area contributed by atoms with Crippen LogP contribution in [0.25, 0.3) is 0 Å².